The van der Waals surface area contributed by atoms with Crippen molar-refractivity contribution in [2.45, 2.75) is 149 Å². The smallest absolute Gasteiger partial charge is 0.326 e. The van der Waals surface area contributed by atoms with E-state index in [2.05, 4.69) is 37.2 Å². The van der Waals surface area contributed by atoms with Crippen molar-refractivity contribution >= 4 is 65.0 Å². The van der Waals surface area contributed by atoms with Crippen LogP contribution in [0.3, 0.4) is 0 Å². The van der Waals surface area contributed by atoms with Crippen LogP contribution in [-0.4, -0.2) is 153 Å². The van der Waals surface area contributed by atoms with Crippen molar-refractivity contribution in [3.63, 3.8) is 0 Å². The van der Waals surface area contributed by atoms with Gasteiger partial charge in [0.2, 0.25) is 47.3 Å². The molecule has 68 heavy (non-hydrogen) atoms. The highest BCUT2D eigenvalue weighted by Gasteiger charge is 2.41. The summed E-state index contributed by atoms with van der Waals surface area (Å²) in [4.78, 5) is 122. The number of carboxylic acid groups (broad SMARTS) is 1. The summed E-state index contributed by atoms with van der Waals surface area (Å²) < 4.78 is 0. The Balaban J connectivity index is 2.18. The third kappa shape index (κ3) is 18.2. The van der Waals surface area contributed by atoms with Crippen LogP contribution in [0.2, 0.25) is 0 Å². The molecule has 12 N–H and O–H groups in total. The number of benzene rings is 1. The molecule has 0 aromatic heterocycles. The fourth-order valence-electron chi connectivity index (χ4n) is 7.40. The molecule has 9 atom stereocenters. The van der Waals surface area contributed by atoms with Crippen molar-refractivity contribution in [1.29, 1.82) is 0 Å². The first-order valence-corrected chi connectivity index (χ1v) is 24.5. The Kier molecular flexibility index (Phi) is 24.2. The molecule has 0 radical (unpaired) electrons. The second-order valence-corrected chi connectivity index (χ2v) is 19.7. The van der Waals surface area contributed by atoms with Gasteiger partial charge in [0.05, 0.1) is 12.6 Å². The Morgan fingerprint density at radius 3 is 1.74 bits per heavy atom. The summed E-state index contributed by atoms with van der Waals surface area (Å²) in [7, 11) is 0. The zero-order chi connectivity index (χ0) is 51.6. The van der Waals surface area contributed by atoms with Crippen molar-refractivity contribution in [2.24, 2.45) is 29.4 Å². The van der Waals surface area contributed by atoms with Crippen LogP contribution >= 0.6 is 11.8 Å². The Hall–Kier alpha value is -5.48. The number of carboxylic acids is 1. The first kappa shape index (κ1) is 58.6. The fraction of sp³-hybridized carbons (Fsp3) is 0.674. The first-order valence-electron chi connectivity index (χ1n) is 23.1. The van der Waals surface area contributed by atoms with Crippen LogP contribution in [0.4, 0.5) is 0 Å². The van der Waals surface area contributed by atoms with Crippen molar-refractivity contribution in [3.05, 3.63) is 29.8 Å². The molecule has 1 fully saturated rings. The van der Waals surface area contributed by atoms with Crippen LogP contribution < -0.4 is 43.0 Å². The van der Waals surface area contributed by atoms with E-state index in [0.29, 0.717) is 17.7 Å². The highest BCUT2D eigenvalue weighted by molar-refractivity contribution is 7.98. The third-order valence-corrected chi connectivity index (χ3v) is 12.1. The average molecular weight is 978 g/mol. The quantitative estimate of drug-likeness (QED) is 0.0531. The number of amides is 8. The lowest BCUT2D eigenvalue weighted by Crippen LogP contribution is -2.61. The lowest BCUT2D eigenvalue weighted by Gasteiger charge is -2.32. The Morgan fingerprint density at radius 2 is 1.21 bits per heavy atom. The van der Waals surface area contributed by atoms with Crippen molar-refractivity contribution in [1.82, 2.24) is 42.1 Å². The van der Waals surface area contributed by atoms with Crippen molar-refractivity contribution in [2.75, 3.05) is 25.2 Å². The molecule has 0 aliphatic carbocycles. The van der Waals surface area contributed by atoms with E-state index in [1.807, 2.05) is 20.1 Å². The zero-order valence-electron chi connectivity index (χ0n) is 40.9. The molecule has 0 unspecified atom stereocenters. The number of hydrogen-bond acceptors (Lipinski definition) is 13. The molecular weight excluding hydrogens is 903 g/mol. The Labute approximate surface area is 403 Å². The standard InChI is InChI=1S/C46H75N9O12S/c1-23(2)20-32(50-39(59)30(47)21-28-13-15-29(57)16-14-28)41(61)53-36(25(5)6)45(65)55-18-11-12-34(55)43(63)49-31(17-19-68-10)40(60)52-35(24(3)4)44(64)48-27(9)38(58)51-33(22-56)42(62)54-37(26(7)8)46(66)67/h13-16,23-27,30-37,56-57H,11-12,17-22,47H2,1-10H3,(H,48,64)(H,49,63)(H,50,59)(H,51,58)(H,52,60)(H,53,61)(H,54,62)(H,66,67)/t27-,30-,31-,32-,33-,34-,35-,36-,37-/m0/s1. The maximum absolute atomic E-state index is 14.3. The van der Waals surface area contributed by atoms with E-state index in [9.17, 15) is 58.5 Å². The third-order valence-electron chi connectivity index (χ3n) is 11.4. The van der Waals surface area contributed by atoms with Gasteiger partial charge >= 0.3 is 5.97 Å². The minimum absolute atomic E-state index is 0.0327. The van der Waals surface area contributed by atoms with Crippen molar-refractivity contribution in [3.8, 4) is 5.75 Å². The lowest BCUT2D eigenvalue weighted by molar-refractivity contribution is -0.143. The molecule has 8 amide bonds. The number of carbonyl (C=O) groups excluding carboxylic acids is 8. The summed E-state index contributed by atoms with van der Waals surface area (Å²) in [5.41, 5.74) is 6.91. The molecule has 1 aromatic rings. The molecule has 0 bridgehead atoms. The average Bonchev–Trinajstić information content (AvgIpc) is 3.76. The molecule has 0 spiro atoms. The summed E-state index contributed by atoms with van der Waals surface area (Å²) in [6, 6.07) is -4.31. The molecule has 1 aromatic carbocycles. The van der Waals surface area contributed by atoms with Gasteiger partial charge in [0.25, 0.3) is 0 Å². The molecule has 1 aliphatic heterocycles. The highest BCUT2D eigenvalue weighted by atomic mass is 32.2. The lowest BCUT2D eigenvalue weighted by atomic mass is 9.98. The van der Waals surface area contributed by atoms with Gasteiger partial charge in [-0.15, -0.1) is 0 Å². The number of rotatable bonds is 27. The number of nitrogens with two attached hydrogens (primary N) is 1. The molecular formula is C46H75N9O12S. The number of aliphatic hydroxyl groups excluding tert-OH is 1. The number of nitrogens with zero attached hydrogens (tertiary/aromatic N) is 1. The largest absolute Gasteiger partial charge is 0.508 e. The minimum atomic E-state index is -1.53. The normalized spacial score (nSPS) is 17.2. The van der Waals surface area contributed by atoms with Gasteiger partial charge in [-0.25, -0.2) is 4.79 Å². The number of likely N-dealkylation sites (tertiary alicyclic amines) is 1. The van der Waals surface area contributed by atoms with E-state index in [1.165, 1.54) is 35.7 Å². The first-order chi connectivity index (χ1) is 31.8. The van der Waals surface area contributed by atoms with Crippen molar-refractivity contribution < 1.29 is 58.5 Å². The maximum atomic E-state index is 14.3. The summed E-state index contributed by atoms with van der Waals surface area (Å²) in [6.07, 6.45) is 3.09. The van der Waals surface area contributed by atoms with Gasteiger partial charge in [0.15, 0.2) is 0 Å². The number of thioether (sulfide) groups is 1. The van der Waals surface area contributed by atoms with Gasteiger partial charge in [-0.05, 0) is 92.4 Å². The fourth-order valence-corrected chi connectivity index (χ4v) is 7.87. The van der Waals surface area contributed by atoms with Gasteiger partial charge < -0.3 is 63.2 Å². The second-order valence-electron chi connectivity index (χ2n) is 18.7. The molecule has 1 aliphatic rings. The van der Waals surface area contributed by atoms with Gasteiger partial charge in [0, 0.05) is 6.54 Å². The van der Waals surface area contributed by atoms with Crippen LogP contribution in [0.1, 0.15) is 93.6 Å². The van der Waals surface area contributed by atoms with Crippen LogP contribution in [0.5, 0.6) is 5.75 Å². The summed E-state index contributed by atoms with van der Waals surface area (Å²) >= 11 is 1.42. The van der Waals surface area contributed by atoms with Crippen LogP contribution in [-0.2, 0) is 49.6 Å². The molecule has 2 rings (SSSR count). The SMILES string of the molecule is CSCC[C@H](NC(=O)[C@@H]1CCCN1C(=O)[C@@H](NC(=O)[C@H](CC(C)C)NC(=O)[C@@H](N)Cc1ccc(O)cc1)C(C)C)C(=O)N[C@H](C(=O)N[C@@H](C)C(=O)N[C@@H](CO)C(=O)N[C@H](C(=O)O)C(C)C)C(C)C. The zero-order valence-corrected chi connectivity index (χ0v) is 41.7. The molecule has 21 nitrogen and oxygen atoms in total. The highest BCUT2D eigenvalue weighted by Crippen LogP contribution is 2.22. The predicted molar refractivity (Wildman–Crippen MR) is 255 cm³/mol. The topological polar surface area (TPSA) is 328 Å². The molecule has 22 heteroatoms. The number of aliphatic hydroxyl groups is 1. The number of carbonyl (C=O) groups is 9. The van der Waals surface area contributed by atoms with Gasteiger partial charge in [-0.2, -0.15) is 11.8 Å². The van der Waals surface area contributed by atoms with Gasteiger partial charge in [-0.1, -0.05) is 67.5 Å². The molecule has 1 saturated heterocycles. The summed E-state index contributed by atoms with van der Waals surface area (Å²) in [6.45, 7) is 14.4. The van der Waals surface area contributed by atoms with Gasteiger partial charge in [-0.3, -0.25) is 38.4 Å². The number of nitrogens with one attached hydrogen (secondary N) is 7. The second kappa shape index (κ2) is 28.1. The molecule has 0 saturated carbocycles. The number of phenols is 1. The van der Waals surface area contributed by atoms with E-state index < -0.39 is 132 Å². The number of phenolic OH excluding ortho intramolecular Hbond substituents is 1. The predicted octanol–water partition coefficient (Wildman–Crippen LogP) is -0.489. The van der Waals surface area contributed by atoms with Gasteiger partial charge in [0.1, 0.15) is 54.1 Å². The van der Waals surface area contributed by atoms with Crippen LogP contribution in [0.15, 0.2) is 24.3 Å². The summed E-state index contributed by atoms with van der Waals surface area (Å²) in [5.74, 6) is -7.87. The monoisotopic (exact) mass is 978 g/mol. The van der Waals surface area contributed by atoms with E-state index in [4.69, 9.17) is 5.73 Å². The Bertz CT molecular complexity index is 1900. The summed E-state index contributed by atoms with van der Waals surface area (Å²) in [5, 5.41) is 46.9. The van der Waals surface area contributed by atoms with Crippen LogP contribution in [0, 0.1) is 23.7 Å². The number of hydrogen-bond donors (Lipinski definition) is 11. The van der Waals surface area contributed by atoms with E-state index in [1.54, 1.807) is 53.7 Å². The van der Waals surface area contributed by atoms with E-state index >= 15 is 0 Å². The molecule has 1 heterocycles. The van der Waals surface area contributed by atoms with E-state index in [0.717, 1.165) is 0 Å². The van der Waals surface area contributed by atoms with Crippen LogP contribution in [0.25, 0.3) is 0 Å². The maximum Gasteiger partial charge on any atom is 0.326 e. The minimum Gasteiger partial charge on any atom is -0.508 e. The number of aromatic hydroxyl groups is 1. The molecule has 382 valence electrons. The van der Waals surface area contributed by atoms with E-state index in [-0.39, 0.29) is 43.9 Å². The number of aliphatic carboxylic acids is 1. The Morgan fingerprint density at radius 1 is 0.676 bits per heavy atom.